The van der Waals surface area contributed by atoms with Gasteiger partial charge in [0, 0.05) is 12.1 Å². The first-order valence-electron chi connectivity index (χ1n) is 8.01. The van der Waals surface area contributed by atoms with E-state index >= 15 is 0 Å². The number of para-hydroxylation sites is 1. The molecule has 0 saturated carbocycles. The van der Waals surface area contributed by atoms with E-state index in [0.29, 0.717) is 12.1 Å². The van der Waals surface area contributed by atoms with Crippen LogP contribution in [-0.4, -0.2) is 39.8 Å². The number of ether oxygens (including phenoxy) is 1. The molecule has 0 atom stereocenters. The lowest BCUT2D eigenvalue weighted by atomic mass is 10.1. The van der Waals surface area contributed by atoms with Crippen molar-refractivity contribution in [1.82, 2.24) is 25.5 Å². The number of methoxy groups -OCH3 is 1. The second kappa shape index (κ2) is 8.05. The maximum atomic E-state index is 12.2. The van der Waals surface area contributed by atoms with Crippen LogP contribution in [0.4, 0.5) is 0 Å². The Kier molecular flexibility index (Phi) is 5.36. The lowest BCUT2D eigenvalue weighted by molar-refractivity contribution is 0.0953. The molecular formula is C18H19N5O2. The van der Waals surface area contributed by atoms with Gasteiger partial charge in [-0.25, -0.2) is 4.68 Å². The Morgan fingerprint density at radius 3 is 2.68 bits per heavy atom. The summed E-state index contributed by atoms with van der Waals surface area (Å²) >= 11 is 0. The van der Waals surface area contributed by atoms with Crippen molar-refractivity contribution in [2.24, 2.45) is 0 Å². The number of carbonyl (C=O) groups is 1. The van der Waals surface area contributed by atoms with Crippen molar-refractivity contribution in [2.75, 3.05) is 13.7 Å². The number of benzene rings is 2. The van der Waals surface area contributed by atoms with Gasteiger partial charge in [0.25, 0.3) is 5.91 Å². The molecule has 0 spiro atoms. The molecule has 0 saturated heterocycles. The number of nitrogens with zero attached hydrogens (tertiary/aromatic N) is 4. The summed E-state index contributed by atoms with van der Waals surface area (Å²) in [6, 6.07) is 15.0. The highest BCUT2D eigenvalue weighted by Gasteiger charge is 2.06. The van der Waals surface area contributed by atoms with Crippen LogP contribution in [0.15, 0.2) is 54.9 Å². The molecule has 1 aromatic heterocycles. The lowest BCUT2D eigenvalue weighted by Gasteiger charge is -2.09. The van der Waals surface area contributed by atoms with Crippen LogP contribution in [-0.2, 0) is 6.42 Å². The molecule has 128 valence electrons. The fourth-order valence-corrected chi connectivity index (χ4v) is 2.54. The van der Waals surface area contributed by atoms with Crippen LogP contribution in [0, 0.1) is 0 Å². The number of nitrogens with one attached hydrogen (secondary N) is 1. The largest absolute Gasteiger partial charge is 0.496 e. The summed E-state index contributed by atoms with van der Waals surface area (Å²) in [5.74, 6) is 0.787. The van der Waals surface area contributed by atoms with Crippen molar-refractivity contribution in [2.45, 2.75) is 12.8 Å². The van der Waals surface area contributed by atoms with Crippen LogP contribution in [0.1, 0.15) is 22.3 Å². The van der Waals surface area contributed by atoms with Crippen molar-refractivity contribution >= 4 is 5.91 Å². The van der Waals surface area contributed by atoms with Crippen molar-refractivity contribution in [3.63, 3.8) is 0 Å². The standard InChI is InChI=1S/C18H19N5O2/c1-25-17-7-3-2-5-14(17)6-4-12-19-18(24)15-8-10-16(11-9-15)23-13-20-21-22-23/h2-3,5,7-11,13H,4,6,12H2,1H3,(H,19,24). The van der Waals surface area contributed by atoms with Crippen molar-refractivity contribution < 1.29 is 9.53 Å². The molecule has 1 N–H and O–H groups in total. The number of carbonyl (C=O) groups excluding carboxylic acids is 1. The first-order chi connectivity index (χ1) is 12.3. The first-order valence-corrected chi connectivity index (χ1v) is 8.01. The Labute approximate surface area is 145 Å². The fourth-order valence-electron chi connectivity index (χ4n) is 2.54. The summed E-state index contributed by atoms with van der Waals surface area (Å²) in [7, 11) is 1.67. The van der Waals surface area contributed by atoms with E-state index in [4.69, 9.17) is 4.74 Å². The summed E-state index contributed by atoms with van der Waals surface area (Å²) in [5, 5.41) is 13.9. The minimum atomic E-state index is -0.0942. The Hall–Kier alpha value is -3.22. The molecule has 3 aromatic rings. The van der Waals surface area contributed by atoms with E-state index in [1.807, 2.05) is 24.3 Å². The predicted octanol–water partition coefficient (Wildman–Crippen LogP) is 2.03. The smallest absolute Gasteiger partial charge is 0.251 e. The van der Waals surface area contributed by atoms with Gasteiger partial charge in [-0.3, -0.25) is 4.79 Å². The van der Waals surface area contributed by atoms with E-state index in [1.165, 1.54) is 11.0 Å². The molecule has 1 amide bonds. The zero-order valence-electron chi connectivity index (χ0n) is 13.9. The van der Waals surface area contributed by atoms with E-state index < -0.39 is 0 Å². The van der Waals surface area contributed by atoms with E-state index in [1.54, 1.807) is 31.4 Å². The fraction of sp³-hybridized carbons (Fsp3) is 0.222. The lowest BCUT2D eigenvalue weighted by Crippen LogP contribution is -2.24. The van der Waals surface area contributed by atoms with Crippen LogP contribution < -0.4 is 10.1 Å². The molecule has 0 aliphatic carbocycles. The van der Waals surface area contributed by atoms with Gasteiger partial charge >= 0.3 is 0 Å². The van der Waals surface area contributed by atoms with Gasteiger partial charge in [-0.1, -0.05) is 18.2 Å². The quantitative estimate of drug-likeness (QED) is 0.667. The number of aryl methyl sites for hydroxylation is 1. The van der Waals surface area contributed by atoms with Gasteiger partial charge in [-0.2, -0.15) is 0 Å². The van der Waals surface area contributed by atoms with E-state index in [9.17, 15) is 4.79 Å². The molecule has 0 bridgehead atoms. The maximum absolute atomic E-state index is 12.2. The van der Waals surface area contributed by atoms with Gasteiger partial charge in [0.05, 0.1) is 12.8 Å². The highest BCUT2D eigenvalue weighted by molar-refractivity contribution is 5.94. The number of rotatable bonds is 7. The van der Waals surface area contributed by atoms with E-state index in [-0.39, 0.29) is 5.91 Å². The van der Waals surface area contributed by atoms with Crippen molar-refractivity contribution in [3.8, 4) is 11.4 Å². The Morgan fingerprint density at radius 1 is 1.16 bits per heavy atom. The zero-order valence-corrected chi connectivity index (χ0v) is 13.9. The molecule has 1 heterocycles. The summed E-state index contributed by atoms with van der Waals surface area (Å²) in [6.07, 6.45) is 3.20. The predicted molar refractivity (Wildman–Crippen MR) is 92.8 cm³/mol. The Bertz CT molecular complexity index is 816. The second-order valence-electron chi connectivity index (χ2n) is 5.47. The van der Waals surface area contributed by atoms with Crippen molar-refractivity contribution in [3.05, 3.63) is 66.0 Å². The monoisotopic (exact) mass is 337 g/mol. The molecule has 0 fully saturated rings. The van der Waals surface area contributed by atoms with Crippen LogP contribution >= 0.6 is 0 Å². The Balaban J connectivity index is 1.49. The first kappa shape index (κ1) is 16.6. The number of hydrogen-bond donors (Lipinski definition) is 1. The van der Waals surface area contributed by atoms with Crippen LogP contribution in [0.25, 0.3) is 5.69 Å². The van der Waals surface area contributed by atoms with Gasteiger partial charge < -0.3 is 10.1 Å². The van der Waals surface area contributed by atoms with Gasteiger partial charge in [-0.05, 0) is 59.2 Å². The van der Waals surface area contributed by atoms with Crippen LogP contribution in [0.5, 0.6) is 5.75 Å². The summed E-state index contributed by atoms with van der Waals surface area (Å²) in [4.78, 5) is 12.2. The topological polar surface area (TPSA) is 81.9 Å². The van der Waals surface area contributed by atoms with E-state index in [0.717, 1.165) is 29.8 Å². The molecule has 3 rings (SSSR count). The minimum Gasteiger partial charge on any atom is -0.496 e. The Morgan fingerprint density at radius 2 is 1.96 bits per heavy atom. The van der Waals surface area contributed by atoms with Gasteiger partial charge in [0.2, 0.25) is 0 Å². The zero-order chi connectivity index (χ0) is 17.5. The molecule has 7 heteroatoms. The molecular weight excluding hydrogens is 318 g/mol. The molecule has 0 aliphatic rings. The van der Waals surface area contributed by atoms with Gasteiger partial charge in [0.1, 0.15) is 12.1 Å². The minimum absolute atomic E-state index is 0.0942. The number of tetrazole rings is 1. The normalized spacial score (nSPS) is 10.4. The molecule has 0 unspecified atom stereocenters. The van der Waals surface area contributed by atoms with Crippen LogP contribution in [0.3, 0.4) is 0 Å². The van der Waals surface area contributed by atoms with Crippen molar-refractivity contribution in [1.29, 1.82) is 0 Å². The summed E-state index contributed by atoms with van der Waals surface area (Å²) < 4.78 is 6.87. The molecule has 2 aromatic carbocycles. The molecule has 25 heavy (non-hydrogen) atoms. The third-order valence-electron chi connectivity index (χ3n) is 3.84. The number of hydrogen-bond acceptors (Lipinski definition) is 5. The summed E-state index contributed by atoms with van der Waals surface area (Å²) in [5.41, 5.74) is 2.55. The second-order valence-corrected chi connectivity index (χ2v) is 5.47. The van der Waals surface area contributed by atoms with Gasteiger partial charge in [-0.15, -0.1) is 5.10 Å². The number of aromatic nitrogens is 4. The maximum Gasteiger partial charge on any atom is 0.251 e. The van der Waals surface area contributed by atoms with Gasteiger partial charge in [0.15, 0.2) is 0 Å². The average Bonchev–Trinajstić information content (AvgIpc) is 3.20. The SMILES string of the molecule is COc1ccccc1CCCNC(=O)c1ccc(-n2cnnn2)cc1. The molecule has 0 radical (unpaired) electrons. The summed E-state index contributed by atoms with van der Waals surface area (Å²) in [6.45, 7) is 0.603. The third-order valence-corrected chi connectivity index (χ3v) is 3.84. The third kappa shape index (κ3) is 4.20. The van der Waals surface area contributed by atoms with Crippen LogP contribution in [0.2, 0.25) is 0 Å². The highest BCUT2D eigenvalue weighted by Crippen LogP contribution is 2.18. The molecule has 0 aliphatic heterocycles. The average molecular weight is 337 g/mol. The molecule has 7 nitrogen and oxygen atoms in total. The number of amides is 1. The van der Waals surface area contributed by atoms with E-state index in [2.05, 4.69) is 20.8 Å². The highest BCUT2D eigenvalue weighted by atomic mass is 16.5.